The Morgan fingerprint density at radius 2 is 1.96 bits per heavy atom. The molecule has 3 aromatic rings. The molecule has 0 atom stereocenters. The van der Waals surface area contributed by atoms with Crippen LogP contribution in [0.2, 0.25) is 5.02 Å². The lowest BCUT2D eigenvalue weighted by atomic mass is 10.1. The van der Waals surface area contributed by atoms with E-state index < -0.39 is 5.91 Å². The maximum atomic E-state index is 11.9. The molecule has 7 nitrogen and oxygen atoms in total. The average molecular weight is 368 g/mol. The summed E-state index contributed by atoms with van der Waals surface area (Å²) in [6, 6.07) is 14.0. The summed E-state index contributed by atoms with van der Waals surface area (Å²) in [6.45, 7) is 0. The number of nitrogens with two attached hydrogens (primary N) is 1. The van der Waals surface area contributed by atoms with Crippen LogP contribution in [0.3, 0.4) is 0 Å². The average Bonchev–Trinajstić information content (AvgIpc) is 3.11. The lowest BCUT2D eigenvalue weighted by Gasteiger charge is -2.08. The Labute approximate surface area is 154 Å². The topological polar surface area (TPSA) is 103 Å². The Hall–Kier alpha value is -3.45. The molecule has 3 N–H and O–H groups in total. The quantitative estimate of drug-likeness (QED) is 0.409. The number of nitrogens with zero attached hydrogens (tertiary/aromatic N) is 3. The Balaban J connectivity index is 2.03. The summed E-state index contributed by atoms with van der Waals surface area (Å²) >= 11 is 6.01. The van der Waals surface area contributed by atoms with E-state index in [1.54, 1.807) is 42.5 Å². The predicted octanol–water partition coefficient (Wildman–Crippen LogP) is 2.34. The van der Waals surface area contributed by atoms with Gasteiger partial charge in [-0.2, -0.15) is 0 Å². The van der Waals surface area contributed by atoms with E-state index in [0.717, 1.165) is 5.56 Å². The molecule has 0 bridgehead atoms. The van der Waals surface area contributed by atoms with Crippen molar-refractivity contribution in [1.82, 2.24) is 20.1 Å². The smallest absolute Gasteiger partial charge is 0.252 e. The third kappa shape index (κ3) is 3.96. The fourth-order valence-electron chi connectivity index (χ4n) is 2.30. The second-order valence-electron chi connectivity index (χ2n) is 5.30. The molecule has 0 saturated heterocycles. The van der Waals surface area contributed by atoms with Crippen molar-refractivity contribution in [1.29, 1.82) is 0 Å². The molecule has 2 amide bonds. The molecular formula is C18H14ClN5O2. The molecule has 0 radical (unpaired) electrons. The van der Waals surface area contributed by atoms with E-state index in [-0.39, 0.29) is 0 Å². The largest absolute Gasteiger partial charge is 0.399 e. The summed E-state index contributed by atoms with van der Waals surface area (Å²) in [5, 5.41) is 7.05. The zero-order valence-corrected chi connectivity index (χ0v) is 14.2. The molecule has 2 aromatic carbocycles. The molecule has 130 valence electrons. The highest BCUT2D eigenvalue weighted by atomic mass is 35.5. The summed E-state index contributed by atoms with van der Waals surface area (Å²) in [7, 11) is 0. The van der Waals surface area contributed by atoms with Gasteiger partial charge in [-0.1, -0.05) is 35.9 Å². The first-order chi connectivity index (χ1) is 12.6. The predicted molar refractivity (Wildman–Crippen MR) is 98.9 cm³/mol. The summed E-state index contributed by atoms with van der Waals surface area (Å²) in [4.78, 5) is 26.6. The van der Waals surface area contributed by atoms with Crippen LogP contribution in [-0.2, 0) is 9.59 Å². The first-order valence-corrected chi connectivity index (χ1v) is 7.94. The number of nitrogen functional groups attached to an aromatic ring is 1. The number of carbonyl (C=O) groups is 2. The molecule has 1 heterocycles. The van der Waals surface area contributed by atoms with Crippen LogP contribution in [0.15, 0.2) is 60.9 Å². The third-order valence-electron chi connectivity index (χ3n) is 3.50. The lowest BCUT2D eigenvalue weighted by Crippen LogP contribution is -2.19. The number of amides is 2. The van der Waals surface area contributed by atoms with Gasteiger partial charge in [0.05, 0.1) is 5.70 Å². The number of imide groups is 1. The van der Waals surface area contributed by atoms with Gasteiger partial charge in [-0.3, -0.25) is 14.9 Å². The summed E-state index contributed by atoms with van der Waals surface area (Å²) in [6.07, 6.45) is 3.06. The molecule has 8 heteroatoms. The van der Waals surface area contributed by atoms with Crippen LogP contribution in [-0.4, -0.2) is 27.1 Å². The Bertz CT molecular complexity index is 979. The van der Waals surface area contributed by atoms with Gasteiger partial charge in [-0.05, 0) is 24.3 Å². The van der Waals surface area contributed by atoms with Crippen LogP contribution in [0, 0.1) is 0 Å². The van der Waals surface area contributed by atoms with Gasteiger partial charge in [0.2, 0.25) is 6.41 Å². The zero-order chi connectivity index (χ0) is 18.5. The number of carbonyl (C=O) groups excluding carboxylic acids is 2. The van der Waals surface area contributed by atoms with Crippen molar-refractivity contribution in [3.8, 4) is 11.4 Å². The van der Waals surface area contributed by atoms with Gasteiger partial charge in [0, 0.05) is 27.9 Å². The van der Waals surface area contributed by atoms with Crippen LogP contribution < -0.4 is 11.1 Å². The number of aromatic nitrogens is 3. The van der Waals surface area contributed by atoms with Gasteiger partial charge >= 0.3 is 0 Å². The molecular weight excluding hydrogens is 354 g/mol. The van der Waals surface area contributed by atoms with E-state index in [1.807, 2.05) is 6.07 Å². The number of rotatable bonds is 5. The van der Waals surface area contributed by atoms with E-state index in [2.05, 4.69) is 15.4 Å². The van der Waals surface area contributed by atoms with E-state index in [9.17, 15) is 9.59 Å². The molecule has 0 unspecified atom stereocenters. The highest BCUT2D eigenvalue weighted by molar-refractivity contribution is 6.30. The number of hydrogen-bond acceptors (Lipinski definition) is 5. The first kappa shape index (κ1) is 17.4. The van der Waals surface area contributed by atoms with Crippen LogP contribution in [0.5, 0.6) is 0 Å². The van der Waals surface area contributed by atoms with Crippen molar-refractivity contribution in [3.05, 3.63) is 71.5 Å². The van der Waals surface area contributed by atoms with Crippen LogP contribution in [0.1, 0.15) is 5.56 Å². The van der Waals surface area contributed by atoms with Crippen LogP contribution >= 0.6 is 11.6 Å². The van der Waals surface area contributed by atoms with Gasteiger partial charge < -0.3 is 5.73 Å². The van der Waals surface area contributed by atoms with E-state index >= 15 is 0 Å². The van der Waals surface area contributed by atoms with Crippen molar-refractivity contribution < 1.29 is 9.59 Å². The third-order valence-corrected chi connectivity index (χ3v) is 3.73. The zero-order valence-electron chi connectivity index (χ0n) is 13.5. The Kier molecular flexibility index (Phi) is 5.09. The molecule has 0 aliphatic heterocycles. The molecule has 0 aliphatic carbocycles. The number of hydrogen-bond donors (Lipinski definition) is 2. The van der Waals surface area contributed by atoms with Crippen molar-refractivity contribution in [2.75, 3.05) is 5.73 Å². The number of anilines is 1. The maximum absolute atomic E-state index is 11.9. The summed E-state index contributed by atoms with van der Waals surface area (Å²) in [5.74, 6) is -0.128. The van der Waals surface area contributed by atoms with Gasteiger partial charge in [0.15, 0.2) is 5.82 Å². The molecule has 3 rings (SSSR count). The number of nitrogens with one attached hydrogen (secondary N) is 1. The first-order valence-electron chi connectivity index (χ1n) is 7.56. The second kappa shape index (κ2) is 7.62. The monoisotopic (exact) mass is 367 g/mol. The van der Waals surface area contributed by atoms with Crippen molar-refractivity contribution in [2.45, 2.75) is 0 Å². The maximum Gasteiger partial charge on any atom is 0.252 e. The highest BCUT2D eigenvalue weighted by Gasteiger charge is 2.12. The molecule has 1 aromatic heterocycles. The second-order valence-corrected chi connectivity index (χ2v) is 5.74. The number of benzene rings is 2. The van der Waals surface area contributed by atoms with Crippen LogP contribution in [0.4, 0.5) is 5.69 Å². The van der Waals surface area contributed by atoms with E-state index in [4.69, 9.17) is 17.3 Å². The minimum absolute atomic E-state index is 0.318. The number of halogens is 1. The van der Waals surface area contributed by atoms with Gasteiger partial charge in [-0.15, -0.1) is 5.10 Å². The fourth-order valence-corrected chi connectivity index (χ4v) is 2.49. The summed E-state index contributed by atoms with van der Waals surface area (Å²) < 4.78 is 1.45. The van der Waals surface area contributed by atoms with Gasteiger partial charge in [-0.25, -0.2) is 9.67 Å². The normalized spacial score (nSPS) is 11.2. The minimum atomic E-state index is -0.577. The summed E-state index contributed by atoms with van der Waals surface area (Å²) in [5.41, 5.74) is 8.16. The minimum Gasteiger partial charge on any atom is -0.399 e. The molecule has 0 aliphatic rings. The SMILES string of the molecule is Nc1ccc(/C(=C\C(=O)NC=O)n2cnc(-c3cccc(Cl)c3)n2)cc1. The molecule has 26 heavy (non-hydrogen) atoms. The van der Waals surface area contributed by atoms with Gasteiger partial charge in [0.25, 0.3) is 5.91 Å². The lowest BCUT2D eigenvalue weighted by molar-refractivity contribution is -0.121. The van der Waals surface area contributed by atoms with Gasteiger partial charge in [0.1, 0.15) is 6.33 Å². The molecule has 0 spiro atoms. The Morgan fingerprint density at radius 3 is 2.65 bits per heavy atom. The van der Waals surface area contributed by atoms with Crippen molar-refractivity contribution >= 4 is 35.3 Å². The molecule has 0 fully saturated rings. The Morgan fingerprint density at radius 1 is 1.19 bits per heavy atom. The van der Waals surface area contributed by atoms with Crippen molar-refractivity contribution in [3.63, 3.8) is 0 Å². The molecule has 0 saturated carbocycles. The highest BCUT2D eigenvalue weighted by Crippen LogP contribution is 2.22. The van der Waals surface area contributed by atoms with E-state index in [0.29, 0.717) is 34.2 Å². The van der Waals surface area contributed by atoms with Crippen molar-refractivity contribution in [2.24, 2.45) is 0 Å². The van der Waals surface area contributed by atoms with Crippen LogP contribution in [0.25, 0.3) is 17.1 Å². The standard InChI is InChI=1S/C18H14ClN5O2/c19-14-3-1-2-13(8-14)18-21-10-24(23-18)16(9-17(26)22-11-25)12-4-6-15(20)7-5-12/h1-11H,20H2,(H,22,25,26)/b16-9+. The van der Waals surface area contributed by atoms with E-state index in [1.165, 1.54) is 17.1 Å². The fraction of sp³-hybridized carbons (Fsp3) is 0.